The van der Waals surface area contributed by atoms with Crippen LogP contribution in [0.25, 0.3) is 5.69 Å². The topological polar surface area (TPSA) is 67.2 Å². The van der Waals surface area contributed by atoms with E-state index in [-0.39, 0.29) is 23.2 Å². The Morgan fingerprint density at radius 2 is 1.73 bits per heavy atom. The Morgan fingerprint density at radius 3 is 2.42 bits per heavy atom. The normalized spacial score (nSPS) is 15.4. The molecule has 2 heterocycles. The van der Waals surface area contributed by atoms with Crippen LogP contribution >= 0.6 is 0 Å². The molecule has 1 fully saturated rings. The van der Waals surface area contributed by atoms with Gasteiger partial charge >= 0.3 is 6.18 Å². The van der Waals surface area contributed by atoms with Crippen LogP contribution in [0.5, 0.6) is 0 Å². The zero-order valence-electron chi connectivity index (χ0n) is 17.8. The molecule has 1 aliphatic rings. The molecule has 4 rings (SSSR count). The van der Waals surface area contributed by atoms with E-state index in [9.17, 15) is 22.8 Å². The van der Waals surface area contributed by atoms with Crippen molar-refractivity contribution in [3.05, 3.63) is 93.9 Å². The van der Waals surface area contributed by atoms with Crippen molar-refractivity contribution < 1.29 is 18.0 Å². The first-order valence-electron chi connectivity index (χ1n) is 10.6. The van der Waals surface area contributed by atoms with E-state index >= 15 is 0 Å². The number of para-hydroxylation sites is 1. The number of likely N-dealkylation sites (tertiary alicyclic amines) is 1. The molecule has 3 aromatic rings. The lowest BCUT2D eigenvalue weighted by molar-refractivity contribution is -0.137. The molecule has 1 N–H and O–H groups in total. The van der Waals surface area contributed by atoms with Crippen LogP contribution in [-0.2, 0) is 12.7 Å². The number of amides is 1. The van der Waals surface area contributed by atoms with E-state index < -0.39 is 11.7 Å². The van der Waals surface area contributed by atoms with Crippen LogP contribution in [0, 0.1) is 0 Å². The zero-order valence-corrected chi connectivity index (χ0v) is 17.8. The van der Waals surface area contributed by atoms with Gasteiger partial charge in [-0.15, -0.1) is 0 Å². The first-order valence-corrected chi connectivity index (χ1v) is 10.6. The summed E-state index contributed by atoms with van der Waals surface area (Å²) in [5, 5.41) is 7.15. The van der Waals surface area contributed by atoms with Crippen molar-refractivity contribution in [3.8, 4) is 5.69 Å². The summed E-state index contributed by atoms with van der Waals surface area (Å²) in [6, 6.07) is 16.9. The molecule has 1 aliphatic heterocycles. The summed E-state index contributed by atoms with van der Waals surface area (Å²) >= 11 is 0. The van der Waals surface area contributed by atoms with E-state index in [1.165, 1.54) is 28.9 Å². The second kappa shape index (κ2) is 9.58. The van der Waals surface area contributed by atoms with Gasteiger partial charge in [0.2, 0.25) is 0 Å². The van der Waals surface area contributed by atoms with Gasteiger partial charge in [0, 0.05) is 31.7 Å². The van der Waals surface area contributed by atoms with E-state index in [0.29, 0.717) is 43.7 Å². The van der Waals surface area contributed by atoms with Crippen molar-refractivity contribution in [2.45, 2.75) is 31.6 Å². The second-order valence-electron chi connectivity index (χ2n) is 8.03. The van der Waals surface area contributed by atoms with Gasteiger partial charge < -0.3 is 5.32 Å². The molecule has 1 aromatic heterocycles. The summed E-state index contributed by atoms with van der Waals surface area (Å²) < 4.78 is 40.0. The van der Waals surface area contributed by atoms with Crippen LogP contribution in [0.15, 0.2) is 71.5 Å². The first-order chi connectivity index (χ1) is 15.8. The third-order valence-electron chi connectivity index (χ3n) is 5.62. The van der Waals surface area contributed by atoms with Crippen LogP contribution < -0.4 is 10.9 Å². The highest BCUT2D eigenvalue weighted by Gasteiger charge is 2.30. The molecule has 1 amide bonds. The Morgan fingerprint density at radius 1 is 1.00 bits per heavy atom. The number of piperidine rings is 1. The standard InChI is InChI=1S/C24H23F3N4O2/c25-24(26,27)18-6-4-5-17(15-18)16-30-13-11-19(12-14-30)28-23(33)21-9-10-22(32)31(29-21)20-7-2-1-3-8-20/h1-10,15,19H,11-14,16H2,(H,28,33). The summed E-state index contributed by atoms with van der Waals surface area (Å²) in [4.78, 5) is 26.9. The zero-order chi connectivity index (χ0) is 23.4. The molecular formula is C24H23F3N4O2. The van der Waals surface area contributed by atoms with E-state index in [4.69, 9.17) is 0 Å². The number of halogens is 3. The summed E-state index contributed by atoms with van der Waals surface area (Å²) in [6.45, 7) is 1.73. The van der Waals surface area contributed by atoms with Gasteiger partial charge in [-0.1, -0.05) is 36.4 Å². The molecule has 2 aromatic carbocycles. The Labute approximate surface area is 188 Å². The Bertz CT molecular complexity index is 1170. The number of benzene rings is 2. The molecule has 0 spiro atoms. The van der Waals surface area contributed by atoms with E-state index in [1.54, 1.807) is 30.3 Å². The quantitative estimate of drug-likeness (QED) is 0.637. The molecule has 0 aliphatic carbocycles. The minimum Gasteiger partial charge on any atom is -0.348 e. The average Bonchev–Trinajstić information content (AvgIpc) is 2.81. The van der Waals surface area contributed by atoms with E-state index in [2.05, 4.69) is 15.3 Å². The fourth-order valence-corrected chi connectivity index (χ4v) is 3.89. The van der Waals surface area contributed by atoms with Crippen molar-refractivity contribution in [1.82, 2.24) is 20.0 Å². The van der Waals surface area contributed by atoms with Crippen LogP contribution in [0.2, 0.25) is 0 Å². The van der Waals surface area contributed by atoms with Crippen LogP contribution in [0.3, 0.4) is 0 Å². The number of hydrogen-bond acceptors (Lipinski definition) is 4. The number of carbonyl (C=O) groups excluding carboxylic acids is 1. The van der Waals surface area contributed by atoms with Gasteiger partial charge in [0.05, 0.1) is 11.3 Å². The molecule has 9 heteroatoms. The van der Waals surface area contributed by atoms with Crippen LogP contribution in [-0.4, -0.2) is 39.7 Å². The highest BCUT2D eigenvalue weighted by Crippen LogP contribution is 2.30. The molecule has 0 unspecified atom stereocenters. The lowest BCUT2D eigenvalue weighted by atomic mass is 10.0. The fourth-order valence-electron chi connectivity index (χ4n) is 3.89. The van der Waals surface area contributed by atoms with E-state index in [0.717, 1.165) is 6.07 Å². The largest absolute Gasteiger partial charge is 0.416 e. The number of nitrogens with zero attached hydrogens (tertiary/aromatic N) is 3. The number of carbonyl (C=O) groups is 1. The minimum atomic E-state index is -4.36. The second-order valence-corrected chi connectivity index (χ2v) is 8.03. The van der Waals surface area contributed by atoms with Gasteiger partial charge in [0.1, 0.15) is 5.69 Å². The van der Waals surface area contributed by atoms with Crippen molar-refractivity contribution in [2.24, 2.45) is 0 Å². The van der Waals surface area contributed by atoms with Crippen molar-refractivity contribution in [1.29, 1.82) is 0 Å². The molecule has 0 saturated carbocycles. The van der Waals surface area contributed by atoms with Gasteiger partial charge in [-0.2, -0.15) is 23.0 Å². The van der Waals surface area contributed by atoms with Gasteiger partial charge in [-0.25, -0.2) is 0 Å². The monoisotopic (exact) mass is 456 g/mol. The third-order valence-corrected chi connectivity index (χ3v) is 5.62. The molecule has 6 nitrogen and oxygen atoms in total. The van der Waals surface area contributed by atoms with Gasteiger partial charge in [0.25, 0.3) is 11.5 Å². The van der Waals surface area contributed by atoms with Crippen LogP contribution in [0.4, 0.5) is 13.2 Å². The Kier molecular flexibility index (Phi) is 6.60. The number of aromatic nitrogens is 2. The molecule has 0 bridgehead atoms. The molecule has 0 atom stereocenters. The molecule has 33 heavy (non-hydrogen) atoms. The average molecular weight is 456 g/mol. The van der Waals surface area contributed by atoms with Crippen molar-refractivity contribution in [3.63, 3.8) is 0 Å². The summed E-state index contributed by atoms with van der Waals surface area (Å²) in [5.74, 6) is -0.365. The fraction of sp³-hybridized carbons (Fsp3) is 0.292. The number of hydrogen-bond donors (Lipinski definition) is 1. The lowest BCUT2D eigenvalue weighted by Crippen LogP contribution is -2.44. The number of rotatable bonds is 5. The SMILES string of the molecule is O=C(NC1CCN(Cc2cccc(C(F)(F)F)c2)CC1)c1ccc(=O)n(-c2ccccc2)n1. The van der Waals surface area contributed by atoms with E-state index in [1.807, 2.05) is 6.07 Å². The van der Waals surface area contributed by atoms with Gasteiger partial charge in [-0.3, -0.25) is 14.5 Å². The molecule has 172 valence electrons. The Hall–Kier alpha value is -3.46. The highest BCUT2D eigenvalue weighted by molar-refractivity contribution is 5.92. The number of nitrogens with one attached hydrogen (secondary N) is 1. The van der Waals surface area contributed by atoms with Gasteiger partial charge in [-0.05, 0) is 42.7 Å². The van der Waals surface area contributed by atoms with Crippen molar-refractivity contribution >= 4 is 5.91 Å². The predicted octanol–water partition coefficient (Wildman–Crippen LogP) is 3.65. The molecular weight excluding hydrogens is 433 g/mol. The van der Waals surface area contributed by atoms with Crippen LogP contribution in [0.1, 0.15) is 34.5 Å². The lowest BCUT2D eigenvalue weighted by Gasteiger charge is -2.32. The third kappa shape index (κ3) is 5.67. The summed E-state index contributed by atoms with van der Waals surface area (Å²) in [7, 11) is 0. The maximum absolute atomic E-state index is 12.9. The first kappa shape index (κ1) is 22.7. The number of alkyl halides is 3. The Balaban J connectivity index is 1.34. The van der Waals surface area contributed by atoms with Gasteiger partial charge in [0.15, 0.2) is 0 Å². The summed E-state index contributed by atoms with van der Waals surface area (Å²) in [5.41, 5.74) is 0.344. The van der Waals surface area contributed by atoms with Crippen molar-refractivity contribution in [2.75, 3.05) is 13.1 Å². The molecule has 1 saturated heterocycles. The maximum atomic E-state index is 12.9. The summed E-state index contributed by atoms with van der Waals surface area (Å²) in [6.07, 6.45) is -3.02. The molecule has 0 radical (unpaired) electrons. The minimum absolute atomic E-state index is 0.0748. The maximum Gasteiger partial charge on any atom is 0.416 e. The highest BCUT2D eigenvalue weighted by atomic mass is 19.4. The predicted molar refractivity (Wildman–Crippen MR) is 117 cm³/mol. The smallest absolute Gasteiger partial charge is 0.348 e.